The van der Waals surface area contributed by atoms with Gasteiger partial charge in [0.2, 0.25) is 0 Å². The molecule has 0 aliphatic carbocycles. The molecule has 4 aromatic rings. The van der Waals surface area contributed by atoms with E-state index in [9.17, 15) is 9.90 Å². The van der Waals surface area contributed by atoms with Gasteiger partial charge in [0, 0.05) is 29.5 Å². The molecule has 0 radical (unpaired) electrons. The SMILES string of the molecule is O=C1OCc2c1cc1cc(OCc3cccc([C@@]4(O)C[C@H]5CO[C@@H](C4)O5)c3)ccc1c2-c1ccoc1. The number of cyclic esters (lactones) is 1. The van der Waals surface area contributed by atoms with Gasteiger partial charge in [-0.15, -0.1) is 0 Å². The van der Waals surface area contributed by atoms with E-state index in [2.05, 4.69) is 0 Å². The molecule has 0 spiro atoms. The molecule has 1 aromatic heterocycles. The Morgan fingerprint density at radius 3 is 2.89 bits per heavy atom. The van der Waals surface area contributed by atoms with E-state index < -0.39 is 5.60 Å². The summed E-state index contributed by atoms with van der Waals surface area (Å²) in [7, 11) is 0. The van der Waals surface area contributed by atoms with Gasteiger partial charge in [0.1, 0.15) is 19.0 Å². The molecule has 7 heteroatoms. The van der Waals surface area contributed by atoms with E-state index >= 15 is 0 Å². The largest absolute Gasteiger partial charge is 0.489 e. The summed E-state index contributed by atoms with van der Waals surface area (Å²) in [6, 6.07) is 17.5. The number of benzene rings is 3. The van der Waals surface area contributed by atoms with E-state index in [0.717, 1.165) is 38.6 Å². The summed E-state index contributed by atoms with van der Waals surface area (Å²) < 4.78 is 28.1. The van der Waals surface area contributed by atoms with Crippen LogP contribution in [0.25, 0.3) is 21.9 Å². The number of carbonyl (C=O) groups excluding carboxylic acids is 1. The highest BCUT2D eigenvalue weighted by molar-refractivity contribution is 6.07. The van der Waals surface area contributed by atoms with Crippen LogP contribution in [0.4, 0.5) is 0 Å². The monoisotopic (exact) mass is 484 g/mol. The van der Waals surface area contributed by atoms with Gasteiger partial charge >= 0.3 is 5.97 Å². The highest BCUT2D eigenvalue weighted by Gasteiger charge is 2.45. The van der Waals surface area contributed by atoms with Crippen molar-refractivity contribution in [3.05, 3.63) is 89.4 Å². The lowest BCUT2D eigenvalue weighted by Crippen LogP contribution is -2.39. The molecule has 7 nitrogen and oxygen atoms in total. The van der Waals surface area contributed by atoms with E-state index in [4.69, 9.17) is 23.4 Å². The lowest BCUT2D eigenvalue weighted by molar-refractivity contribution is -0.159. The Balaban J connectivity index is 1.17. The third-order valence-electron chi connectivity index (χ3n) is 7.35. The number of hydrogen-bond acceptors (Lipinski definition) is 7. The van der Waals surface area contributed by atoms with Gasteiger partial charge in [-0.05, 0) is 52.2 Å². The first kappa shape index (κ1) is 21.6. The van der Waals surface area contributed by atoms with Crippen LogP contribution < -0.4 is 4.74 Å². The highest BCUT2D eigenvalue weighted by Crippen LogP contribution is 2.42. The van der Waals surface area contributed by atoms with Crippen LogP contribution in [0, 0.1) is 0 Å². The molecular weight excluding hydrogens is 460 g/mol. The topological polar surface area (TPSA) is 87.4 Å². The minimum atomic E-state index is -0.971. The Morgan fingerprint density at radius 1 is 1.08 bits per heavy atom. The Labute approximate surface area is 207 Å². The molecule has 2 saturated heterocycles. The zero-order valence-electron chi connectivity index (χ0n) is 19.4. The smallest absolute Gasteiger partial charge is 0.338 e. The van der Waals surface area contributed by atoms with Crippen LogP contribution in [0.1, 0.15) is 39.9 Å². The predicted octanol–water partition coefficient (Wildman–Crippen LogP) is 5.07. The fraction of sp³-hybridized carbons (Fsp3) is 0.276. The number of aliphatic hydroxyl groups is 1. The quantitative estimate of drug-likeness (QED) is 0.396. The Hall–Kier alpha value is -3.65. The average Bonchev–Trinajstić information content (AvgIpc) is 3.63. The van der Waals surface area contributed by atoms with Crippen LogP contribution in [0.2, 0.25) is 0 Å². The molecule has 3 aromatic carbocycles. The zero-order valence-corrected chi connectivity index (χ0v) is 19.4. The third kappa shape index (κ3) is 3.59. The van der Waals surface area contributed by atoms with E-state index in [-0.39, 0.29) is 25.0 Å². The predicted molar refractivity (Wildman–Crippen MR) is 129 cm³/mol. The molecule has 2 bridgehead atoms. The summed E-state index contributed by atoms with van der Waals surface area (Å²) in [5.41, 5.74) is 4.15. The summed E-state index contributed by atoms with van der Waals surface area (Å²) in [6.07, 6.45) is 3.82. The van der Waals surface area contributed by atoms with Crippen LogP contribution in [0.5, 0.6) is 5.75 Å². The minimum absolute atomic E-state index is 0.0723. The first-order valence-corrected chi connectivity index (χ1v) is 12.1. The van der Waals surface area contributed by atoms with Crippen molar-refractivity contribution in [3.8, 4) is 16.9 Å². The number of carbonyl (C=O) groups is 1. The lowest BCUT2D eigenvalue weighted by atomic mass is 9.83. The van der Waals surface area contributed by atoms with Gasteiger partial charge in [-0.3, -0.25) is 0 Å². The van der Waals surface area contributed by atoms with Gasteiger partial charge in [0.05, 0.1) is 36.4 Å². The van der Waals surface area contributed by atoms with Gasteiger partial charge in [0.25, 0.3) is 0 Å². The maximum absolute atomic E-state index is 12.3. The number of furan rings is 1. The summed E-state index contributed by atoms with van der Waals surface area (Å²) in [6.45, 7) is 1.13. The molecule has 7 rings (SSSR count). The molecule has 182 valence electrons. The van der Waals surface area contributed by atoms with Gasteiger partial charge in [-0.25, -0.2) is 4.79 Å². The number of rotatable bonds is 5. The first-order valence-electron chi connectivity index (χ1n) is 12.1. The summed E-state index contributed by atoms with van der Waals surface area (Å²) in [5, 5.41) is 13.2. The molecule has 36 heavy (non-hydrogen) atoms. The Morgan fingerprint density at radius 2 is 2.03 bits per heavy atom. The number of ether oxygens (including phenoxy) is 4. The summed E-state index contributed by atoms with van der Waals surface area (Å²) in [4.78, 5) is 12.3. The highest BCUT2D eigenvalue weighted by atomic mass is 16.7. The third-order valence-corrected chi connectivity index (χ3v) is 7.35. The summed E-state index contributed by atoms with van der Waals surface area (Å²) in [5.74, 6) is 0.373. The van der Waals surface area contributed by atoms with E-state index in [1.807, 2.05) is 54.6 Å². The van der Waals surface area contributed by atoms with E-state index in [1.165, 1.54) is 0 Å². The second-order valence-corrected chi connectivity index (χ2v) is 9.70. The molecule has 3 aliphatic rings. The lowest BCUT2D eigenvalue weighted by Gasteiger charge is -2.35. The second-order valence-electron chi connectivity index (χ2n) is 9.70. The standard InChI is InChI=1S/C29H24O7/c30-28-24-10-19-9-21(4-5-23(19)27(25(24)16-35-28)18-6-7-32-14-18)33-13-17-2-1-3-20(8-17)29(31)11-22-15-34-26(12-29)36-22/h1-10,14,22,26,31H,11-13,15-16H2/t22-,26+,29+/m0/s1. The zero-order chi connectivity index (χ0) is 24.3. The van der Waals surface area contributed by atoms with Crippen molar-refractivity contribution in [1.29, 1.82) is 0 Å². The van der Waals surface area contributed by atoms with Crippen LogP contribution in [0.3, 0.4) is 0 Å². The number of fused-ring (bicyclic) bond motifs is 4. The number of hydrogen-bond donors (Lipinski definition) is 1. The molecular formula is C29H24O7. The van der Waals surface area contributed by atoms with Crippen molar-refractivity contribution < 1.29 is 33.3 Å². The van der Waals surface area contributed by atoms with Gasteiger partial charge < -0.3 is 28.5 Å². The van der Waals surface area contributed by atoms with Gasteiger partial charge in [0.15, 0.2) is 6.29 Å². The van der Waals surface area contributed by atoms with Gasteiger partial charge in [-0.1, -0.05) is 24.3 Å². The number of esters is 1. The minimum Gasteiger partial charge on any atom is -0.489 e. The van der Waals surface area contributed by atoms with Crippen LogP contribution in [-0.4, -0.2) is 30.1 Å². The van der Waals surface area contributed by atoms with Gasteiger partial charge in [-0.2, -0.15) is 0 Å². The summed E-state index contributed by atoms with van der Waals surface area (Å²) >= 11 is 0. The first-order chi connectivity index (χ1) is 17.6. The molecule has 0 saturated carbocycles. The van der Waals surface area contributed by atoms with Crippen molar-refractivity contribution >= 4 is 16.7 Å². The van der Waals surface area contributed by atoms with Crippen molar-refractivity contribution in [2.75, 3.05) is 6.61 Å². The molecule has 0 amide bonds. The van der Waals surface area contributed by atoms with Crippen molar-refractivity contribution in [2.24, 2.45) is 0 Å². The van der Waals surface area contributed by atoms with Crippen molar-refractivity contribution in [3.63, 3.8) is 0 Å². The van der Waals surface area contributed by atoms with E-state index in [1.54, 1.807) is 12.5 Å². The normalized spacial score (nSPS) is 24.6. The molecule has 4 heterocycles. The maximum atomic E-state index is 12.3. The molecule has 3 atom stereocenters. The van der Waals surface area contributed by atoms with Crippen LogP contribution in [0.15, 0.2) is 71.5 Å². The molecule has 2 fully saturated rings. The average molecular weight is 485 g/mol. The van der Waals surface area contributed by atoms with Crippen molar-refractivity contribution in [1.82, 2.24) is 0 Å². The molecule has 3 aliphatic heterocycles. The van der Waals surface area contributed by atoms with Crippen molar-refractivity contribution in [2.45, 2.75) is 44.1 Å². The molecule has 1 N–H and O–H groups in total. The second kappa shape index (κ2) is 8.20. The fourth-order valence-corrected chi connectivity index (χ4v) is 5.61. The van der Waals surface area contributed by atoms with E-state index in [0.29, 0.717) is 37.4 Å². The maximum Gasteiger partial charge on any atom is 0.338 e. The fourth-order valence-electron chi connectivity index (χ4n) is 5.61. The molecule has 0 unspecified atom stereocenters. The Bertz CT molecular complexity index is 1460. The van der Waals surface area contributed by atoms with Crippen LogP contribution in [-0.2, 0) is 33.0 Å². The van der Waals surface area contributed by atoms with Crippen LogP contribution >= 0.6 is 0 Å². The Kier molecular flexibility index (Phi) is 4.92.